The minimum absolute atomic E-state index is 0.0917. The van der Waals surface area contributed by atoms with Crippen molar-refractivity contribution in [1.82, 2.24) is 5.32 Å². The Balaban J connectivity index is 2.17. The number of nitrogens with one attached hydrogen (secondary N) is 1. The molecule has 2 rings (SSSR count). The number of carboxylic acids is 1. The van der Waals surface area contributed by atoms with E-state index in [4.69, 9.17) is 11.6 Å². The maximum Gasteiger partial charge on any atom is 0.311 e. The Bertz CT molecular complexity index is 560. The SMILES string of the molecule is CC1(C(=O)O)CCCC1NC(=O)c1ccc(Cl)cc1O. The molecule has 1 saturated carbocycles. The molecular weight excluding hydrogens is 282 g/mol. The summed E-state index contributed by atoms with van der Waals surface area (Å²) in [6, 6.07) is 3.76. The highest BCUT2D eigenvalue weighted by molar-refractivity contribution is 6.30. The van der Waals surface area contributed by atoms with Gasteiger partial charge in [-0.2, -0.15) is 0 Å². The third kappa shape index (κ3) is 2.58. The van der Waals surface area contributed by atoms with Crippen LogP contribution in [0.15, 0.2) is 18.2 Å². The van der Waals surface area contributed by atoms with Gasteiger partial charge in [0.05, 0.1) is 11.0 Å². The number of aromatic hydroxyl groups is 1. The van der Waals surface area contributed by atoms with Crippen LogP contribution in [0.4, 0.5) is 0 Å². The van der Waals surface area contributed by atoms with Crippen LogP contribution in [-0.2, 0) is 4.79 Å². The van der Waals surface area contributed by atoms with Crippen molar-refractivity contribution in [2.45, 2.75) is 32.2 Å². The van der Waals surface area contributed by atoms with E-state index in [1.165, 1.54) is 18.2 Å². The molecule has 0 aliphatic heterocycles. The first kappa shape index (κ1) is 14.7. The lowest BCUT2D eigenvalue weighted by molar-refractivity contribution is -0.148. The molecular formula is C14H16ClNO4. The summed E-state index contributed by atoms with van der Waals surface area (Å²) in [5.74, 6) is -1.62. The highest BCUT2D eigenvalue weighted by Gasteiger charge is 2.46. The second kappa shape index (κ2) is 5.32. The molecule has 20 heavy (non-hydrogen) atoms. The molecule has 0 spiro atoms. The minimum atomic E-state index is -0.961. The fourth-order valence-electron chi connectivity index (χ4n) is 2.59. The van der Waals surface area contributed by atoms with Crippen LogP contribution in [0.3, 0.4) is 0 Å². The van der Waals surface area contributed by atoms with E-state index in [0.29, 0.717) is 17.9 Å². The third-order valence-electron chi connectivity index (χ3n) is 3.96. The highest BCUT2D eigenvalue weighted by Crippen LogP contribution is 2.38. The first-order valence-corrected chi connectivity index (χ1v) is 6.75. The average Bonchev–Trinajstić information content (AvgIpc) is 2.72. The van der Waals surface area contributed by atoms with E-state index >= 15 is 0 Å². The van der Waals surface area contributed by atoms with Crippen molar-refractivity contribution in [3.8, 4) is 5.75 Å². The zero-order chi connectivity index (χ0) is 14.9. The molecule has 2 atom stereocenters. The molecule has 1 aromatic rings. The topological polar surface area (TPSA) is 86.6 Å². The summed E-state index contributed by atoms with van der Waals surface area (Å²) in [6.07, 6.45) is 1.89. The number of benzene rings is 1. The lowest BCUT2D eigenvalue weighted by atomic mass is 9.85. The van der Waals surface area contributed by atoms with Crippen molar-refractivity contribution >= 4 is 23.5 Å². The maximum atomic E-state index is 12.1. The van der Waals surface area contributed by atoms with Crippen LogP contribution in [0.2, 0.25) is 5.02 Å². The van der Waals surface area contributed by atoms with Crippen molar-refractivity contribution in [3.63, 3.8) is 0 Å². The number of carbonyl (C=O) groups excluding carboxylic acids is 1. The maximum absolute atomic E-state index is 12.1. The van der Waals surface area contributed by atoms with Gasteiger partial charge in [-0.05, 0) is 38.0 Å². The fourth-order valence-corrected chi connectivity index (χ4v) is 2.75. The molecule has 1 amide bonds. The molecule has 1 aliphatic rings. The van der Waals surface area contributed by atoms with Gasteiger partial charge in [0.15, 0.2) is 0 Å². The van der Waals surface area contributed by atoms with Crippen molar-refractivity contribution in [1.29, 1.82) is 0 Å². The molecule has 3 N–H and O–H groups in total. The van der Waals surface area contributed by atoms with Gasteiger partial charge in [0.2, 0.25) is 0 Å². The number of hydrogen-bond acceptors (Lipinski definition) is 3. The van der Waals surface area contributed by atoms with Gasteiger partial charge in [0.25, 0.3) is 5.91 Å². The Morgan fingerprint density at radius 2 is 2.15 bits per heavy atom. The Labute approximate surface area is 121 Å². The normalized spacial score (nSPS) is 25.4. The standard InChI is InChI=1S/C14H16ClNO4/c1-14(13(19)20)6-2-3-11(14)16-12(18)9-5-4-8(15)7-10(9)17/h4-5,7,11,17H,2-3,6H2,1H3,(H,16,18)(H,19,20). The zero-order valence-corrected chi connectivity index (χ0v) is 11.8. The van der Waals surface area contributed by atoms with E-state index < -0.39 is 23.3 Å². The van der Waals surface area contributed by atoms with Crippen molar-refractivity contribution in [3.05, 3.63) is 28.8 Å². The van der Waals surface area contributed by atoms with Gasteiger partial charge in [-0.25, -0.2) is 0 Å². The lowest BCUT2D eigenvalue weighted by Gasteiger charge is -2.27. The van der Waals surface area contributed by atoms with E-state index in [2.05, 4.69) is 5.32 Å². The van der Waals surface area contributed by atoms with E-state index in [-0.39, 0.29) is 11.3 Å². The summed E-state index contributed by atoms with van der Waals surface area (Å²) in [7, 11) is 0. The number of phenolic OH excluding ortho intramolecular Hbond substituents is 1. The molecule has 0 radical (unpaired) electrons. The van der Waals surface area contributed by atoms with Crippen LogP contribution in [0.5, 0.6) is 5.75 Å². The molecule has 0 saturated heterocycles. The Morgan fingerprint density at radius 3 is 2.75 bits per heavy atom. The molecule has 1 fully saturated rings. The van der Waals surface area contributed by atoms with Gasteiger partial charge in [-0.15, -0.1) is 0 Å². The van der Waals surface area contributed by atoms with Crippen LogP contribution in [0, 0.1) is 5.41 Å². The summed E-state index contributed by atoms with van der Waals surface area (Å²) in [5.41, 5.74) is -0.869. The highest BCUT2D eigenvalue weighted by atomic mass is 35.5. The zero-order valence-electron chi connectivity index (χ0n) is 11.0. The number of aliphatic carboxylic acids is 1. The first-order valence-electron chi connectivity index (χ1n) is 6.37. The van der Waals surface area contributed by atoms with Crippen molar-refractivity contribution in [2.24, 2.45) is 5.41 Å². The number of rotatable bonds is 3. The molecule has 6 heteroatoms. The molecule has 1 aromatic carbocycles. The van der Waals surface area contributed by atoms with Gasteiger partial charge >= 0.3 is 5.97 Å². The van der Waals surface area contributed by atoms with Crippen LogP contribution in [0.25, 0.3) is 0 Å². The molecule has 1 aliphatic carbocycles. The van der Waals surface area contributed by atoms with Gasteiger partial charge in [-0.3, -0.25) is 9.59 Å². The van der Waals surface area contributed by atoms with Crippen molar-refractivity contribution < 1.29 is 19.8 Å². The summed E-state index contributed by atoms with van der Waals surface area (Å²) in [5, 5.41) is 22.0. The number of phenols is 1. The van der Waals surface area contributed by atoms with E-state index in [1.54, 1.807) is 6.92 Å². The summed E-state index contributed by atoms with van der Waals surface area (Å²) >= 11 is 5.71. The number of carboxylic acid groups (broad SMARTS) is 1. The lowest BCUT2D eigenvalue weighted by Crippen LogP contribution is -2.47. The number of hydrogen-bond donors (Lipinski definition) is 3. The largest absolute Gasteiger partial charge is 0.507 e. The summed E-state index contributed by atoms with van der Waals surface area (Å²) in [4.78, 5) is 23.5. The van der Waals surface area contributed by atoms with E-state index in [9.17, 15) is 19.8 Å². The second-order valence-corrected chi connectivity index (χ2v) is 5.74. The van der Waals surface area contributed by atoms with Gasteiger partial charge in [-0.1, -0.05) is 18.0 Å². The molecule has 108 valence electrons. The number of carbonyl (C=O) groups is 2. The minimum Gasteiger partial charge on any atom is -0.507 e. The summed E-state index contributed by atoms with van der Waals surface area (Å²) < 4.78 is 0. The smallest absolute Gasteiger partial charge is 0.311 e. The van der Waals surface area contributed by atoms with Crippen LogP contribution in [0.1, 0.15) is 36.5 Å². The Hall–Kier alpha value is -1.75. The number of halogens is 1. The van der Waals surface area contributed by atoms with Crippen LogP contribution < -0.4 is 5.32 Å². The van der Waals surface area contributed by atoms with Gasteiger partial charge in [0.1, 0.15) is 5.75 Å². The van der Waals surface area contributed by atoms with Crippen LogP contribution >= 0.6 is 11.6 Å². The molecule has 0 aromatic heterocycles. The fraction of sp³-hybridized carbons (Fsp3) is 0.429. The molecule has 0 bridgehead atoms. The predicted octanol–water partition coefficient (Wildman–Crippen LogP) is 2.42. The van der Waals surface area contributed by atoms with E-state index in [1.807, 2.05) is 0 Å². The number of amides is 1. The molecule has 2 unspecified atom stereocenters. The van der Waals surface area contributed by atoms with Gasteiger partial charge < -0.3 is 15.5 Å². The third-order valence-corrected chi connectivity index (χ3v) is 4.19. The second-order valence-electron chi connectivity index (χ2n) is 5.30. The Kier molecular flexibility index (Phi) is 3.90. The Morgan fingerprint density at radius 1 is 1.45 bits per heavy atom. The first-order chi connectivity index (χ1) is 9.34. The average molecular weight is 298 g/mol. The van der Waals surface area contributed by atoms with Gasteiger partial charge in [0, 0.05) is 11.1 Å². The predicted molar refractivity (Wildman–Crippen MR) is 74.0 cm³/mol. The quantitative estimate of drug-likeness (QED) is 0.799. The monoisotopic (exact) mass is 297 g/mol. The molecule has 5 nitrogen and oxygen atoms in total. The molecule has 0 heterocycles. The van der Waals surface area contributed by atoms with Crippen molar-refractivity contribution in [2.75, 3.05) is 0 Å². The summed E-state index contributed by atoms with van der Waals surface area (Å²) in [6.45, 7) is 1.63. The van der Waals surface area contributed by atoms with Crippen LogP contribution in [-0.4, -0.2) is 28.1 Å². The van der Waals surface area contributed by atoms with E-state index in [0.717, 1.165) is 6.42 Å².